The largest absolute Gasteiger partial charge is 0.481 e. The number of carbonyl (C=O) groups excluding carboxylic acids is 2. The van der Waals surface area contributed by atoms with Gasteiger partial charge in [0, 0.05) is 36.3 Å². The molecule has 0 aliphatic carbocycles. The number of urea groups is 2. The van der Waals surface area contributed by atoms with Crippen molar-refractivity contribution in [3.63, 3.8) is 0 Å². The summed E-state index contributed by atoms with van der Waals surface area (Å²) in [5.41, 5.74) is 5.69. The third kappa shape index (κ3) is 13.1. The van der Waals surface area contributed by atoms with E-state index >= 15 is 0 Å². The second kappa shape index (κ2) is 19.1. The fourth-order valence-electron chi connectivity index (χ4n) is 6.73. The van der Waals surface area contributed by atoms with E-state index in [1.165, 1.54) is 0 Å². The molecule has 4 saturated heterocycles. The molecule has 4 amide bonds. The fraction of sp³-hybridized carbons (Fsp3) is 0.800. The second-order valence-corrected chi connectivity index (χ2v) is 16.6. The number of thioether (sulfide) groups is 1. The molecule has 17 nitrogen and oxygen atoms in total. The van der Waals surface area contributed by atoms with Gasteiger partial charge in [-0.25, -0.2) is 18.0 Å². The summed E-state index contributed by atoms with van der Waals surface area (Å²) in [6.45, 7) is 1.97. The number of carboxylic acids is 3. The Kier molecular flexibility index (Phi) is 15.5. The van der Waals surface area contributed by atoms with Gasteiger partial charge in [0.25, 0.3) is 0 Å². The monoisotopic (exact) mass is 734 g/mol. The maximum atomic E-state index is 11.9. The number of guanidine groups is 1. The molecule has 0 aromatic heterocycles. The minimum Gasteiger partial charge on any atom is -0.481 e. The lowest BCUT2D eigenvalue weighted by Crippen LogP contribution is -2.81. The minimum absolute atomic E-state index is 0.0278. The number of fused-ring (bicyclic) bond motifs is 2. The van der Waals surface area contributed by atoms with Crippen LogP contribution in [-0.4, -0.2) is 118 Å². The molecule has 278 valence electrons. The molecule has 5 aliphatic heterocycles. The van der Waals surface area contributed by atoms with Crippen molar-refractivity contribution >= 4 is 57.5 Å². The Bertz CT molecular complexity index is 1320. The van der Waals surface area contributed by atoms with Crippen molar-refractivity contribution in [3.05, 3.63) is 0 Å². The van der Waals surface area contributed by atoms with Crippen molar-refractivity contribution in [2.75, 3.05) is 11.5 Å². The summed E-state index contributed by atoms with van der Waals surface area (Å²) in [5, 5.41) is 39.5. The highest BCUT2D eigenvalue weighted by Crippen LogP contribution is 2.30. The van der Waals surface area contributed by atoms with Gasteiger partial charge in [-0.05, 0) is 45.4 Å². The molecule has 19 heteroatoms. The molecule has 0 aromatic rings. The molecule has 5 rings (SSSR count). The molecule has 0 aromatic carbocycles. The number of sulfone groups is 1. The molecule has 5 aliphatic rings. The van der Waals surface area contributed by atoms with Crippen molar-refractivity contribution in [1.29, 1.82) is 0 Å². The molecule has 4 fully saturated rings. The van der Waals surface area contributed by atoms with Crippen molar-refractivity contribution in [1.82, 2.24) is 26.6 Å². The van der Waals surface area contributed by atoms with Crippen molar-refractivity contribution < 1.29 is 52.7 Å². The standard InChI is InChI=1S/C10H17N3O2S.C10H16N2O5S.C10H18N2O3/c11-10-12-6-5-16-7(9(6)13-10)3-1-2-4-8(14)15;13-8(14)4-2-1-3-7-9-6(5-18(7,16)17)11-10(15)12-9;1-7-8(12-10(15)11-7)5-3-2-4-6-9(13)14/h6-7,9H,1-5H2,(H,14,15)(H3,11,12,13);6-7,9H,1-5H2,(H,13,14)(H2,11,12,15);7-8H,2-6H2,1H3,(H,13,14)(H2,11,12,15)/p+1. The third-order valence-electron chi connectivity index (χ3n) is 9.25. The summed E-state index contributed by atoms with van der Waals surface area (Å²) < 4.78 is 23.8. The average Bonchev–Trinajstić information content (AvgIpc) is 3.77. The van der Waals surface area contributed by atoms with E-state index in [9.17, 15) is 32.4 Å². The summed E-state index contributed by atoms with van der Waals surface area (Å²) in [7, 11) is -3.20. The summed E-state index contributed by atoms with van der Waals surface area (Å²) in [4.78, 5) is 56.3. The van der Waals surface area contributed by atoms with Crippen LogP contribution >= 0.6 is 11.8 Å². The second-order valence-electron chi connectivity index (χ2n) is 13.1. The third-order valence-corrected chi connectivity index (χ3v) is 13.0. The van der Waals surface area contributed by atoms with Crippen molar-refractivity contribution in [2.45, 2.75) is 137 Å². The molecule has 8 atom stereocenters. The summed E-state index contributed by atoms with van der Waals surface area (Å²) in [6.07, 6.45) is 8.30. The molecular formula is C30H52N7O10S2+. The van der Waals surface area contributed by atoms with Crippen LogP contribution in [0.25, 0.3) is 0 Å². The van der Waals surface area contributed by atoms with E-state index in [1.54, 1.807) is 0 Å². The number of amides is 4. The van der Waals surface area contributed by atoms with Crippen LogP contribution in [0.4, 0.5) is 9.59 Å². The first-order valence-corrected chi connectivity index (χ1v) is 19.7. The van der Waals surface area contributed by atoms with Gasteiger partial charge in [-0.1, -0.05) is 25.7 Å². The fourth-order valence-corrected chi connectivity index (χ4v) is 10.5. The number of rotatable bonds is 16. The number of carbonyl (C=O) groups is 5. The maximum absolute atomic E-state index is 11.9. The number of carboxylic acid groups (broad SMARTS) is 3. The highest BCUT2D eigenvalue weighted by Gasteiger charge is 2.51. The molecule has 0 spiro atoms. The van der Waals surface area contributed by atoms with Gasteiger partial charge in [-0.3, -0.25) is 30.4 Å². The first-order valence-electron chi connectivity index (χ1n) is 16.9. The summed E-state index contributed by atoms with van der Waals surface area (Å²) in [5.74, 6) is -0.569. The number of hydrogen-bond acceptors (Lipinski definition) is 10. The van der Waals surface area contributed by atoms with E-state index in [0.29, 0.717) is 42.6 Å². The molecule has 0 saturated carbocycles. The van der Waals surface area contributed by atoms with Gasteiger partial charge < -0.3 is 36.6 Å². The normalized spacial score (nSPS) is 30.0. The van der Waals surface area contributed by atoms with Gasteiger partial charge in [0.15, 0.2) is 9.84 Å². The molecule has 8 unspecified atom stereocenters. The zero-order valence-electron chi connectivity index (χ0n) is 27.8. The Morgan fingerprint density at radius 1 is 0.776 bits per heavy atom. The van der Waals surface area contributed by atoms with Gasteiger partial charge in [-0.2, -0.15) is 11.8 Å². The molecule has 11 N–H and O–H groups in total. The van der Waals surface area contributed by atoms with Crippen LogP contribution in [0.15, 0.2) is 0 Å². The lowest BCUT2D eigenvalue weighted by molar-refractivity contribution is -0.493. The highest BCUT2D eigenvalue weighted by molar-refractivity contribution is 8.00. The first kappa shape index (κ1) is 40.0. The lowest BCUT2D eigenvalue weighted by Gasteiger charge is -2.15. The molecular weight excluding hydrogens is 683 g/mol. The van der Waals surface area contributed by atoms with Gasteiger partial charge in [0.1, 0.15) is 12.1 Å². The Morgan fingerprint density at radius 3 is 1.94 bits per heavy atom. The van der Waals surface area contributed by atoms with Crippen LogP contribution in [0.2, 0.25) is 0 Å². The predicted molar refractivity (Wildman–Crippen MR) is 182 cm³/mol. The van der Waals surface area contributed by atoms with Crippen molar-refractivity contribution in [2.24, 2.45) is 5.73 Å². The lowest BCUT2D eigenvalue weighted by atomic mass is 10.0. The summed E-state index contributed by atoms with van der Waals surface area (Å²) in [6, 6.07) is 0.122. The number of nitrogens with two attached hydrogens (primary N) is 1. The van der Waals surface area contributed by atoms with Crippen LogP contribution in [-0.2, 0) is 24.2 Å². The van der Waals surface area contributed by atoms with Gasteiger partial charge in [0.2, 0.25) is 0 Å². The number of aliphatic carboxylic acids is 3. The SMILES string of the molecule is CC1NC(=O)NC1CCCCCC(=O)O.NC1=[NH+]C2C(CSC2CCCCC(=O)O)N1.O=C(O)CCCCC1C2NC(=O)NC2CS1(=O)=O. The van der Waals surface area contributed by atoms with Crippen molar-refractivity contribution in [3.8, 4) is 0 Å². The van der Waals surface area contributed by atoms with Crippen LogP contribution in [0.3, 0.4) is 0 Å². The van der Waals surface area contributed by atoms with Crippen LogP contribution in [0.1, 0.15) is 90.4 Å². The number of unbranched alkanes of at least 4 members (excludes halogenated alkanes) is 4. The van der Waals surface area contributed by atoms with Crippen LogP contribution < -0.4 is 37.3 Å². The summed E-state index contributed by atoms with van der Waals surface area (Å²) >= 11 is 1.95. The van der Waals surface area contributed by atoms with E-state index < -0.39 is 33.0 Å². The quantitative estimate of drug-likeness (QED) is 0.0678. The Labute approximate surface area is 290 Å². The smallest absolute Gasteiger partial charge is 0.341 e. The van der Waals surface area contributed by atoms with E-state index in [4.69, 9.17) is 21.1 Å². The molecule has 49 heavy (non-hydrogen) atoms. The van der Waals surface area contributed by atoms with E-state index in [-0.39, 0.29) is 61.2 Å². The first-order chi connectivity index (χ1) is 23.2. The Hall–Kier alpha value is -3.48. The van der Waals surface area contributed by atoms with Crippen LogP contribution in [0.5, 0.6) is 0 Å². The maximum Gasteiger partial charge on any atom is 0.341 e. The van der Waals surface area contributed by atoms with Gasteiger partial charge in [-0.15, -0.1) is 0 Å². The topological polar surface area (TPSA) is 280 Å². The number of hydrogen-bond donors (Lipinski definition) is 10. The molecule has 0 bridgehead atoms. The van der Waals surface area contributed by atoms with E-state index in [2.05, 4.69) is 31.6 Å². The van der Waals surface area contributed by atoms with E-state index in [0.717, 1.165) is 50.7 Å². The van der Waals surface area contributed by atoms with E-state index in [1.807, 2.05) is 18.7 Å². The highest BCUT2D eigenvalue weighted by atomic mass is 32.2. The zero-order valence-corrected chi connectivity index (χ0v) is 29.5. The van der Waals surface area contributed by atoms with Gasteiger partial charge >= 0.3 is 35.9 Å². The Morgan fingerprint density at radius 2 is 1.35 bits per heavy atom. The zero-order chi connectivity index (χ0) is 36.1. The molecule has 5 heterocycles. The van der Waals surface area contributed by atoms with Gasteiger partial charge in [0.05, 0.1) is 29.1 Å². The number of nitrogens with one attached hydrogen (secondary N) is 6. The average molecular weight is 735 g/mol. The minimum atomic E-state index is -3.20. The Balaban J connectivity index is 0.000000200. The van der Waals surface area contributed by atoms with Crippen LogP contribution in [0, 0.1) is 0 Å². The molecule has 0 radical (unpaired) electrons. The predicted octanol–water partition coefficient (Wildman–Crippen LogP) is -0.948.